The molecule has 0 saturated carbocycles. The number of ether oxygens (including phenoxy) is 3. The standard InChI is InChI=1S/C57H92O5/c1-4-7-10-13-16-19-22-25-27-28-29-30-31-33-35-38-41-44-47-50-56(58)61-54-55(53-60-52-49-46-43-40-37-34-26-23-20-17-14-11-8-5-2)62-57(59)51-48-45-42-39-36-32-24-21-18-15-12-9-6-3/h7,9-10,12,16,18-19,21,25,27,29-30,32-33,35-36,41-42,44-45,55H,4-6,8,11,13-15,17,20,22-24,26,28,31,34,37-40,43,46-54H2,1-3H3/b10-7-,12-9-,19-16-,21-18-,27-25-,30-29-,35-33-,36-32-,44-41-,45-42-. The predicted molar refractivity (Wildman–Crippen MR) is 269 cm³/mol. The SMILES string of the molecule is CC/C=C\C/C=C\C/C=C\C/C=C\C/C=C\C/C=C\CCC(=O)OCC(COCCCCCCCCCCCCCCCC)OC(=O)CC/C=C\C/C=C\C/C=C\C/C=C\CC. The van der Waals surface area contributed by atoms with Crippen molar-refractivity contribution in [1.82, 2.24) is 0 Å². The van der Waals surface area contributed by atoms with Crippen LogP contribution < -0.4 is 0 Å². The van der Waals surface area contributed by atoms with E-state index >= 15 is 0 Å². The fourth-order valence-electron chi connectivity index (χ4n) is 6.37. The van der Waals surface area contributed by atoms with Crippen molar-refractivity contribution >= 4 is 11.9 Å². The first-order chi connectivity index (χ1) is 30.6. The van der Waals surface area contributed by atoms with Crippen molar-refractivity contribution < 1.29 is 23.8 Å². The Kier molecular flexibility index (Phi) is 48.6. The van der Waals surface area contributed by atoms with E-state index in [1.165, 1.54) is 77.0 Å². The number of unbranched alkanes of at least 4 members (excludes halogenated alkanes) is 13. The van der Waals surface area contributed by atoms with Crippen molar-refractivity contribution in [2.24, 2.45) is 0 Å². The van der Waals surface area contributed by atoms with E-state index in [4.69, 9.17) is 14.2 Å². The Balaban J connectivity index is 4.47. The summed E-state index contributed by atoms with van der Waals surface area (Å²) in [5.74, 6) is -0.594. The molecule has 0 aliphatic carbocycles. The molecule has 0 spiro atoms. The average Bonchev–Trinajstić information content (AvgIpc) is 3.27. The van der Waals surface area contributed by atoms with E-state index in [1.54, 1.807) is 0 Å². The molecular formula is C57H92O5. The van der Waals surface area contributed by atoms with E-state index in [1.807, 2.05) is 12.2 Å². The summed E-state index contributed by atoms with van der Waals surface area (Å²) >= 11 is 0. The molecule has 0 amide bonds. The quantitative estimate of drug-likeness (QED) is 0.0347. The molecule has 350 valence electrons. The van der Waals surface area contributed by atoms with Gasteiger partial charge in [-0.3, -0.25) is 9.59 Å². The van der Waals surface area contributed by atoms with Gasteiger partial charge in [-0.1, -0.05) is 226 Å². The maximum Gasteiger partial charge on any atom is 0.306 e. The Morgan fingerprint density at radius 3 is 1.06 bits per heavy atom. The predicted octanol–water partition coefficient (Wildman–Crippen LogP) is 17.0. The molecular weight excluding hydrogens is 765 g/mol. The zero-order chi connectivity index (χ0) is 44.9. The largest absolute Gasteiger partial charge is 0.462 e. The van der Waals surface area contributed by atoms with Gasteiger partial charge < -0.3 is 14.2 Å². The highest BCUT2D eigenvalue weighted by molar-refractivity contribution is 5.70. The molecule has 0 aromatic heterocycles. The van der Waals surface area contributed by atoms with Crippen molar-refractivity contribution in [1.29, 1.82) is 0 Å². The summed E-state index contributed by atoms with van der Waals surface area (Å²) in [6.07, 6.45) is 72.3. The van der Waals surface area contributed by atoms with Crippen LogP contribution in [0.5, 0.6) is 0 Å². The molecule has 1 unspecified atom stereocenters. The fourth-order valence-corrected chi connectivity index (χ4v) is 6.37. The van der Waals surface area contributed by atoms with Gasteiger partial charge in [-0.15, -0.1) is 0 Å². The highest BCUT2D eigenvalue weighted by Crippen LogP contribution is 2.13. The summed E-state index contributed by atoms with van der Waals surface area (Å²) in [5.41, 5.74) is 0. The van der Waals surface area contributed by atoms with E-state index in [9.17, 15) is 9.59 Å². The minimum Gasteiger partial charge on any atom is -0.462 e. The van der Waals surface area contributed by atoms with Crippen molar-refractivity contribution in [3.63, 3.8) is 0 Å². The summed E-state index contributed by atoms with van der Waals surface area (Å²) in [5, 5.41) is 0. The normalized spacial score (nSPS) is 13.3. The maximum atomic E-state index is 12.7. The van der Waals surface area contributed by atoms with Gasteiger partial charge in [-0.2, -0.15) is 0 Å². The van der Waals surface area contributed by atoms with E-state index in [2.05, 4.69) is 130 Å². The first-order valence-corrected chi connectivity index (χ1v) is 25.1. The average molecular weight is 857 g/mol. The van der Waals surface area contributed by atoms with E-state index < -0.39 is 6.10 Å². The minimum atomic E-state index is -0.610. The highest BCUT2D eigenvalue weighted by atomic mass is 16.6. The molecule has 0 fully saturated rings. The van der Waals surface area contributed by atoms with Crippen LogP contribution in [0.4, 0.5) is 0 Å². The molecule has 0 aliphatic heterocycles. The first-order valence-electron chi connectivity index (χ1n) is 25.1. The molecule has 0 rings (SSSR count). The molecule has 0 N–H and O–H groups in total. The molecule has 5 heteroatoms. The maximum absolute atomic E-state index is 12.7. The number of carbonyl (C=O) groups is 2. The molecule has 62 heavy (non-hydrogen) atoms. The molecule has 1 atom stereocenters. The third-order valence-electron chi connectivity index (χ3n) is 10.0. The van der Waals surface area contributed by atoms with Gasteiger partial charge in [0.1, 0.15) is 6.61 Å². The molecule has 0 saturated heterocycles. The summed E-state index contributed by atoms with van der Waals surface area (Å²) < 4.78 is 17.2. The summed E-state index contributed by atoms with van der Waals surface area (Å²) in [6, 6.07) is 0. The van der Waals surface area contributed by atoms with Crippen LogP contribution in [0.25, 0.3) is 0 Å². The molecule has 0 heterocycles. The lowest BCUT2D eigenvalue weighted by Crippen LogP contribution is -2.30. The van der Waals surface area contributed by atoms with Gasteiger partial charge in [0, 0.05) is 19.4 Å². The Bertz CT molecular complexity index is 1290. The first kappa shape index (κ1) is 58.3. The Labute approximate surface area is 382 Å². The van der Waals surface area contributed by atoms with Crippen molar-refractivity contribution in [3.8, 4) is 0 Å². The lowest BCUT2D eigenvalue weighted by atomic mass is 10.0. The third-order valence-corrected chi connectivity index (χ3v) is 10.0. The van der Waals surface area contributed by atoms with Gasteiger partial charge in [0.25, 0.3) is 0 Å². The fraction of sp³-hybridized carbons (Fsp3) is 0.614. The van der Waals surface area contributed by atoms with Gasteiger partial charge in [-0.25, -0.2) is 0 Å². The van der Waals surface area contributed by atoms with Crippen LogP contribution in [-0.4, -0.2) is 37.9 Å². The van der Waals surface area contributed by atoms with Crippen molar-refractivity contribution in [2.45, 2.75) is 207 Å². The Hall–Kier alpha value is -3.70. The van der Waals surface area contributed by atoms with Crippen LogP contribution in [0.2, 0.25) is 0 Å². The van der Waals surface area contributed by atoms with Crippen LogP contribution in [0.1, 0.15) is 201 Å². The number of hydrogen-bond acceptors (Lipinski definition) is 5. The monoisotopic (exact) mass is 857 g/mol. The number of hydrogen-bond donors (Lipinski definition) is 0. The van der Waals surface area contributed by atoms with Crippen LogP contribution in [0.15, 0.2) is 122 Å². The molecule has 0 bridgehead atoms. The van der Waals surface area contributed by atoms with Crippen molar-refractivity contribution in [3.05, 3.63) is 122 Å². The van der Waals surface area contributed by atoms with Crippen LogP contribution in [0, 0.1) is 0 Å². The lowest BCUT2D eigenvalue weighted by Gasteiger charge is -2.18. The zero-order valence-corrected chi connectivity index (χ0v) is 40.1. The number of esters is 2. The molecule has 0 aliphatic rings. The van der Waals surface area contributed by atoms with Crippen LogP contribution in [0.3, 0.4) is 0 Å². The third kappa shape index (κ3) is 49.0. The van der Waals surface area contributed by atoms with Gasteiger partial charge >= 0.3 is 11.9 Å². The second kappa shape index (κ2) is 51.6. The lowest BCUT2D eigenvalue weighted by molar-refractivity contribution is -0.162. The van der Waals surface area contributed by atoms with E-state index in [-0.39, 0.29) is 38.0 Å². The second-order valence-corrected chi connectivity index (χ2v) is 16.0. The van der Waals surface area contributed by atoms with E-state index in [0.717, 1.165) is 77.0 Å². The van der Waals surface area contributed by atoms with Crippen LogP contribution >= 0.6 is 0 Å². The zero-order valence-electron chi connectivity index (χ0n) is 40.1. The molecule has 0 aromatic rings. The van der Waals surface area contributed by atoms with Gasteiger partial charge in [0.2, 0.25) is 0 Å². The highest BCUT2D eigenvalue weighted by Gasteiger charge is 2.17. The molecule has 0 aromatic carbocycles. The Morgan fingerprint density at radius 1 is 0.371 bits per heavy atom. The number of rotatable bonds is 44. The second-order valence-electron chi connectivity index (χ2n) is 16.0. The van der Waals surface area contributed by atoms with Gasteiger partial charge in [-0.05, 0) is 83.5 Å². The summed E-state index contributed by atoms with van der Waals surface area (Å²) in [7, 11) is 0. The van der Waals surface area contributed by atoms with E-state index in [0.29, 0.717) is 19.4 Å². The summed E-state index contributed by atoms with van der Waals surface area (Å²) in [4.78, 5) is 25.3. The minimum absolute atomic E-state index is 0.0109. The van der Waals surface area contributed by atoms with Gasteiger partial charge in [0.05, 0.1) is 6.61 Å². The van der Waals surface area contributed by atoms with Crippen molar-refractivity contribution in [2.75, 3.05) is 19.8 Å². The topological polar surface area (TPSA) is 61.8 Å². The number of carbonyl (C=O) groups excluding carboxylic acids is 2. The smallest absolute Gasteiger partial charge is 0.306 e. The molecule has 5 nitrogen and oxygen atoms in total. The number of allylic oxidation sites excluding steroid dienone is 20. The van der Waals surface area contributed by atoms with Gasteiger partial charge in [0.15, 0.2) is 6.10 Å². The Morgan fingerprint density at radius 2 is 0.694 bits per heavy atom. The summed E-state index contributed by atoms with van der Waals surface area (Å²) in [6.45, 7) is 7.43. The van der Waals surface area contributed by atoms with Crippen LogP contribution in [-0.2, 0) is 23.8 Å². The molecule has 0 radical (unpaired) electrons.